The lowest BCUT2D eigenvalue weighted by atomic mass is 10.1. The molecule has 7 nitrogen and oxygen atoms in total. The number of fused-ring (bicyclic) bond motifs is 1. The second kappa shape index (κ2) is 7.33. The van der Waals surface area contributed by atoms with Crippen LogP contribution < -0.4 is 4.90 Å². The minimum atomic E-state index is -0.449. The van der Waals surface area contributed by atoms with Crippen LogP contribution in [0.3, 0.4) is 0 Å². The Bertz CT molecular complexity index is 904. The lowest BCUT2D eigenvalue weighted by molar-refractivity contribution is -0.384. The van der Waals surface area contributed by atoms with E-state index < -0.39 is 4.92 Å². The molecule has 3 rings (SSSR count). The van der Waals surface area contributed by atoms with Crippen LogP contribution in [0.1, 0.15) is 16.7 Å². The maximum atomic E-state index is 12.7. The average Bonchev–Trinajstić information content (AvgIpc) is 3.04. The first-order chi connectivity index (χ1) is 12.5. The molecule has 0 aromatic heterocycles. The van der Waals surface area contributed by atoms with Gasteiger partial charge in [-0.25, -0.2) is 0 Å². The Morgan fingerprint density at radius 2 is 2.15 bits per heavy atom. The van der Waals surface area contributed by atoms with E-state index in [0.29, 0.717) is 30.8 Å². The van der Waals surface area contributed by atoms with E-state index in [1.807, 2.05) is 24.1 Å². The summed E-state index contributed by atoms with van der Waals surface area (Å²) in [5.74, 6) is -0.0943. The molecule has 26 heavy (non-hydrogen) atoms. The molecule has 0 atom stereocenters. The molecule has 0 saturated carbocycles. The highest BCUT2D eigenvalue weighted by molar-refractivity contribution is 5.97. The smallest absolute Gasteiger partial charge is 0.271 e. The number of amides is 1. The van der Waals surface area contributed by atoms with Gasteiger partial charge in [0.05, 0.1) is 28.8 Å². The van der Waals surface area contributed by atoms with Crippen molar-refractivity contribution in [2.24, 2.45) is 0 Å². The molecule has 132 valence electrons. The number of nitrogens with zero attached hydrogens (tertiary/aromatic N) is 4. The van der Waals surface area contributed by atoms with E-state index in [-0.39, 0.29) is 18.1 Å². The predicted molar refractivity (Wildman–Crippen MR) is 96.6 cm³/mol. The van der Waals surface area contributed by atoms with Crippen LogP contribution in [0.5, 0.6) is 0 Å². The van der Waals surface area contributed by atoms with E-state index in [1.54, 1.807) is 23.1 Å². The monoisotopic (exact) mass is 350 g/mol. The van der Waals surface area contributed by atoms with Crippen molar-refractivity contribution in [3.8, 4) is 6.07 Å². The van der Waals surface area contributed by atoms with Gasteiger partial charge in [-0.05, 0) is 36.7 Å². The van der Waals surface area contributed by atoms with Crippen molar-refractivity contribution >= 4 is 17.3 Å². The summed E-state index contributed by atoms with van der Waals surface area (Å²) < 4.78 is 0. The van der Waals surface area contributed by atoms with Gasteiger partial charge in [-0.2, -0.15) is 5.26 Å². The zero-order valence-corrected chi connectivity index (χ0v) is 14.4. The Morgan fingerprint density at radius 3 is 2.88 bits per heavy atom. The highest BCUT2D eigenvalue weighted by Crippen LogP contribution is 2.31. The number of carbonyl (C=O) groups excluding carboxylic acids is 1. The summed E-state index contributed by atoms with van der Waals surface area (Å²) in [7, 11) is 1.83. The lowest BCUT2D eigenvalue weighted by Crippen LogP contribution is -2.37. The van der Waals surface area contributed by atoms with Gasteiger partial charge in [0.15, 0.2) is 0 Å². The summed E-state index contributed by atoms with van der Waals surface area (Å²) in [6, 6.07) is 14.0. The van der Waals surface area contributed by atoms with E-state index in [4.69, 9.17) is 5.26 Å². The SMILES string of the molecule is CN(CC(=O)N1CCc2ccc([N+](=O)[O-])cc21)Cc1cccc(C#N)c1. The standard InChI is InChI=1S/C19H18N4O3/c1-21(12-15-4-2-3-14(9-15)11-20)13-19(24)22-8-7-16-5-6-17(23(25)26)10-18(16)22/h2-6,9-10H,7-8,12-13H2,1H3. The summed E-state index contributed by atoms with van der Waals surface area (Å²) in [4.78, 5) is 26.7. The van der Waals surface area contributed by atoms with Crippen molar-refractivity contribution in [3.63, 3.8) is 0 Å². The van der Waals surface area contributed by atoms with Crippen molar-refractivity contribution in [2.45, 2.75) is 13.0 Å². The van der Waals surface area contributed by atoms with Gasteiger partial charge in [-0.1, -0.05) is 18.2 Å². The van der Waals surface area contributed by atoms with Gasteiger partial charge in [0.25, 0.3) is 5.69 Å². The van der Waals surface area contributed by atoms with Gasteiger partial charge in [-0.3, -0.25) is 19.8 Å². The fraction of sp³-hybridized carbons (Fsp3) is 0.263. The van der Waals surface area contributed by atoms with Crippen LogP contribution in [-0.4, -0.2) is 35.9 Å². The molecule has 0 radical (unpaired) electrons. The predicted octanol–water partition coefficient (Wildman–Crippen LogP) is 2.49. The van der Waals surface area contributed by atoms with Gasteiger partial charge in [0, 0.05) is 25.2 Å². The van der Waals surface area contributed by atoms with Crippen LogP contribution in [0.4, 0.5) is 11.4 Å². The molecule has 0 aliphatic carbocycles. The van der Waals surface area contributed by atoms with Crippen LogP contribution in [0.25, 0.3) is 0 Å². The van der Waals surface area contributed by atoms with Crippen molar-refractivity contribution in [3.05, 3.63) is 69.3 Å². The maximum absolute atomic E-state index is 12.7. The zero-order valence-electron chi connectivity index (χ0n) is 14.4. The largest absolute Gasteiger partial charge is 0.310 e. The first-order valence-electron chi connectivity index (χ1n) is 8.23. The van der Waals surface area contributed by atoms with Crippen molar-refractivity contribution in [1.82, 2.24) is 4.90 Å². The van der Waals surface area contributed by atoms with Gasteiger partial charge in [-0.15, -0.1) is 0 Å². The number of hydrogen-bond donors (Lipinski definition) is 0. The molecule has 1 aliphatic heterocycles. The first-order valence-corrected chi connectivity index (χ1v) is 8.23. The molecule has 0 bridgehead atoms. The van der Waals surface area contributed by atoms with E-state index in [9.17, 15) is 14.9 Å². The van der Waals surface area contributed by atoms with Crippen LogP contribution in [0, 0.1) is 21.4 Å². The minimum Gasteiger partial charge on any atom is -0.310 e. The number of nitro benzene ring substituents is 1. The third-order valence-corrected chi connectivity index (χ3v) is 4.39. The van der Waals surface area contributed by atoms with Crippen molar-refractivity contribution in [1.29, 1.82) is 5.26 Å². The molecule has 7 heteroatoms. The Hall–Kier alpha value is -3.24. The fourth-order valence-corrected chi connectivity index (χ4v) is 3.16. The number of nitriles is 1. The summed E-state index contributed by atoms with van der Waals surface area (Å²) in [5, 5.41) is 19.9. The number of likely N-dealkylation sites (N-methyl/N-ethyl adjacent to an activating group) is 1. The summed E-state index contributed by atoms with van der Waals surface area (Å²) in [6.07, 6.45) is 0.701. The van der Waals surface area contributed by atoms with Crippen molar-refractivity contribution in [2.75, 3.05) is 25.0 Å². The number of nitro groups is 1. The molecule has 0 N–H and O–H groups in total. The molecular formula is C19H18N4O3. The quantitative estimate of drug-likeness (QED) is 0.610. The first kappa shape index (κ1) is 17.6. The topological polar surface area (TPSA) is 90.5 Å². The fourth-order valence-electron chi connectivity index (χ4n) is 3.16. The highest BCUT2D eigenvalue weighted by atomic mass is 16.6. The normalized spacial score (nSPS) is 12.7. The Kier molecular flexibility index (Phi) is 4.96. The van der Waals surface area contributed by atoms with Crippen LogP contribution in [-0.2, 0) is 17.8 Å². The molecule has 0 saturated heterocycles. The van der Waals surface area contributed by atoms with E-state index in [0.717, 1.165) is 11.1 Å². The maximum Gasteiger partial charge on any atom is 0.271 e. The van der Waals surface area contributed by atoms with Gasteiger partial charge in [0.2, 0.25) is 5.91 Å². The Morgan fingerprint density at radius 1 is 1.35 bits per heavy atom. The average molecular weight is 350 g/mol. The molecular weight excluding hydrogens is 332 g/mol. The van der Waals surface area contributed by atoms with Gasteiger partial charge < -0.3 is 4.90 Å². The molecule has 0 spiro atoms. The molecule has 1 aliphatic rings. The molecule has 0 fully saturated rings. The second-order valence-electron chi connectivity index (χ2n) is 6.35. The second-order valence-corrected chi connectivity index (χ2v) is 6.35. The summed E-state index contributed by atoms with van der Waals surface area (Å²) >= 11 is 0. The number of anilines is 1. The number of benzene rings is 2. The van der Waals surface area contributed by atoms with E-state index in [1.165, 1.54) is 12.1 Å². The number of carbonyl (C=O) groups is 1. The lowest BCUT2D eigenvalue weighted by Gasteiger charge is -2.22. The number of non-ortho nitro benzene ring substituents is 1. The van der Waals surface area contributed by atoms with Crippen molar-refractivity contribution < 1.29 is 9.72 Å². The zero-order chi connectivity index (χ0) is 18.7. The molecule has 2 aromatic rings. The van der Waals surface area contributed by atoms with Gasteiger partial charge in [0.1, 0.15) is 0 Å². The number of rotatable bonds is 5. The third-order valence-electron chi connectivity index (χ3n) is 4.39. The van der Waals surface area contributed by atoms with Crippen LogP contribution in [0.15, 0.2) is 42.5 Å². The summed E-state index contributed by atoms with van der Waals surface area (Å²) in [5.41, 5.74) is 3.11. The van der Waals surface area contributed by atoms with E-state index in [2.05, 4.69) is 6.07 Å². The third kappa shape index (κ3) is 3.71. The minimum absolute atomic E-state index is 0.00915. The Labute approximate surface area is 151 Å². The molecule has 2 aromatic carbocycles. The van der Waals surface area contributed by atoms with Gasteiger partial charge >= 0.3 is 0 Å². The molecule has 1 heterocycles. The Balaban J connectivity index is 1.68. The molecule has 0 unspecified atom stereocenters. The molecule has 1 amide bonds. The number of hydrogen-bond acceptors (Lipinski definition) is 5. The summed E-state index contributed by atoms with van der Waals surface area (Å²) in [6.45, 7) is 1.27. The van der Waals surface area contributed by atoms with Crippen LogP contribution in [0.2, 0.25) is 0 Å². The van der Waals surface area contributed by atoms with E-state index >= 15 is 0 Å². The highest BCUT2D eigenvalue weighted by Gasteiger charge is 2.27. The van der Waals surface area contributed by atoms with Crippen LogP contribution >= 0.6 is 0 Å².